The Labute approximate surface area is 124 Å². The zero-order valence-electron chi connectivity index (χ0n) is 10.5. The summed E-state index contributed by atoms with van der Waals surface area (Å²) in [5.41, 5.74) is 8.19. The van der Waals surface area contributed by atoms with Gasteiger partial charge in [-0.2, -0.15) is 9.36 Å². The third kappa shape index (κ3) is 1.94. The monoisotopic (exact) mass is 304 g/mol. The van der Waals surface area contributed by atoms with Gasteiger partial charge in [0.15, 0.2) is 0 Å². The Bertz CT molecular complexity index is 685. The Balaban J connectivity index is 1.67. The number of fused-ring (bicyclic) bond motifs is 1. The van der Waals surface area contributed by atoms with Gasteiger partial charge in [0, 0.05) is 24.2 Å². The molecule has 0 spiro atoms. The molecule has 1 aromatic heterocycles. The van der Waals surface area contributed by atoms with Crippen LogP contribution in [0.5, 0.6) is 5.75 Å². The number of aromatic nitrogens is 2. The largest absolute Gasteiger partial charge is 0.493 e. The van der Waals surface area contributed by atoms with Crippen molar-refractivity contribution >= 4 is 34.4 Å². The summed E-state index contributed by atoms with van der Waals surface area (Å²) < 4.78 is 9.84. The number of rotatable bonds is 2. The molecule has 20 heavy (non-hydrogen) atoms. The third-order valence-electron chi connectivity index (χ3n) is 3.34. The lowest BCUT2D eigenvalue weighted by Crippen LogP contribution is -2.18. The molecule has 2 aromatic rings. The normalized spacial score (nSPS) is 20.2. The molecule has 0 saturated heterocycles. The number of nitrogen functional groups attached to an aromatic ring is 1. The lowest BCUT2D eigenvalue weighted by atomic mass is 10.1. The lowest BCUT2D eigenvalue weighted by molar-refractivity contribution is 0.357. The van der Waals surface area contributed by atoms with Crippen LogP contribution in [0.3, 0.4) is 0 Å². The number of nitrogens with zero attached hydrogens (tertiary/aromatic N) is 3. The van der Waals surface area contributed by atoms with E-state index in [9.17, 15) is 0 Å². The van der Waals surface area contributed by atoms with Gasteiger partial charge in [0.05, 0.1) is 6.61 Å². The number of hydrogen-bond donors (Lipinski definition) is 1. The van der Waals surface area contributed by atoms with Crippen molar-refractivity contribution in [2.45, 2.75) is 11.8 Å². The number of anilines is 2. The molecule has 1 atom stereocenters. The summed E-state index contributed by atoms with van der Waals surface area (Å²) in [5, 5.41) is 2.72. The van der Waals surface area contributed by atoms with Gasteiger partial charge in [0.2, 0.25) is 11.1 Å². The van der Waals surface area contributed by atoms with Gasteiger partial charge < -0.3 is 10.5 Å². The van der Waals surface area contributed by atoms with Crippen LogP contribution < -0.4 is 15.4 Å². The summed E-state index contributed by atoms with van der Waals surface area (Å²) in [7, 11) is 0. The Morgan fingerprint density at radius 2 is 2.35 bits per heavy atom. The molecule has 5 nitrogen and oxygen atoms in total. The van der Waals surface area contributed by atoms with E-state index in [1.165, 1.54) is 22.7 Å². The third-order valence-corrected chi connectivity index (χ3v) is 4.91. The summed E-state index contributed by atoms with van der Waals surface area (Å²) in [6.45, 7) is 0.780. The highest BCUT2D eigenvalue weighted by Crippen LogP contribution is 2.42. The van der Waals surface area contributed by atoms with Crippen molar-refractivity contribution in [3.63, 3.8) is 0 Å². The smallest absolute Gasteiger partial charge is 0.244 e. The molecule has 0 saturated carbocycles. The fourth-order valence-electron chi connectivity index (χ4n) is 2.42. The van der Waals surface area contributed by atoms with Crippen LogP contribution in [0.25, 0.3) is 0 Å². The molecule has 4 rings (SSSR count). The Morgan fingerprint density at radius 1 is 1.40 bits per heavy atom. The predicted molar refractivity (Wildman–Crippen MR) is 81.9 cm³/mol. The van der Waals surface area contributed by atoms with Gasteiger partial charge in [0.25, 0.3) is 0 Å². The van der Waals surface area contributed by atoms with Crippen molar-refractivity contribution in [2.24, 2.45) is 0 Å². The Morgan fingerprint density at radius 3 is 3.20 bits per heavy atom. The first kappa shape index (κ1) is 12.0. The summed E-state index contributed by atoms with van der Waals surface area (Å²) in [6.07, 6.45) is 2.98. The lowest BCUT2D eigenvalue weighted by Gasteiger charge is -2.22. The number of hydrogen-bond acceptors (Lipinski definition) is 7. The van der Waals surface area contributed by atoms with E-state index in [0.717, 1.165) is 18.8 Å². The molecule has 1 unspecified atom stereocenters. The number of benzene rings is 1. The minimum absolute atomic E-state index is 0.162. The average molecular weight is 304 g/mol. The topological polar surface area (TPSA) is 64.3 Å². The average Bonchev–Trinajstić information content (AvgIpc) is 3.17. The predicted octanol–water partition coefficient (Wildman–Crippen LogP) is 2.78. The quantitative estimate of drug-likeness (QED) is 0.920. The molecule has 7 heteroatoms. The number of nitrogens with two attached hydrogens (primary N) is 1. The first-order valence-corrected chi connectivity index (χ1v) is 7.98. The van der Waals surface area contributed by atoms with Gasteiger partial charge in [-0.3, -0.25) is 4.90 Å². The van der Waals surface area contributed by atoms with Crippen molar-refractivity contribution in [1.82, 2.24) is 9.36 Å². The van der Waals surface area contributed by atoms with Crippen molar-refractivity contribution in [1.29, 1.82) is 0 Å². The molecule has 0 bridgehead atoms. The molecule has 2 aliphatic rings. The Kier molecular flexibility index (Phi) is 2.82. The van der Waals surface area contributed by atoms with E-state index in [0.29, 0.717) is 11.1 Å². The van der Waals surface area contributed by atoms with Crippen LogP contribution in [0.15, 0.2) is 29.8 Å². The van der Waals surface area contributed by atoms with Gasteiger partial charge in [-0.25, -0.2) is 0 Å². The van der Waals surface area contributed by atoms with E-state index < -0.39 is 0 Å². The molecule has 102 valence electrons. The van der Waals surface area contributed by atoms with E-state index in [2.05, 4.69) is 37.9 Å². The molecule has 2 N–H and O–H groups in total. The molecule has 0 aliphatic carbocycles. The van der Waals surface area contributed by atoms with Crippen LogP contribution in [0.1, 0.15) is 16.5 Å². The van der Waals surface area contributed by atoms with Crippen molar-refractivity contribution < 1.29 is 4.74 Å². The zero-order valence-corrected chi connectivity index (χ0v) is 12.2. The highest BCUT2D eigenvalue weighted by atomic mass is 32.2. The molecule has 0 radical (unpaired) electrons. The van der Waals surface area contributed by atoms with E-state index in [4.69, 9.17) is 10.5 Å². The summed E-state index contributed by atoms with van der Waals surface area (Å²) in [6, 6.07) is 6.38. The summed E-state index contributed by atoms with van der Waals surface area (Å²) in [5.74, 6) is 1.67. The fraction of sp³-hybridized carbons (Fsp3) is 0.231. The van der Waals surface area contributed by atoms with E-state index in [-0.39, 0.29) is 5.37 Å². The standard InChI is InChI=1S/C13H12N4OS2/c14-12-15-13(16-20-12)17-4-6-19-11(17)9-1-2-10-8(7-9)3-5-18-10/h1-2,4,6-7,11H,3,5H2,(H2,14,15,16). The van der Waals surface area contributed by atoms with Crippen LogP contribution in [0.4, 0.5) is 11.1 Å². The van der Waals surface area contributed by atoms with Gasteiger partial charge in [-0.15, -0.1) is 11.8 Å². The van der Waals surface area contributed by atoms with Gasteiger partial charge in [-0.05, 0) is 28.7 Å². The van der Waals surface area contributed by atoms with Crippen LogP contribution in [-0.4, -0.2) is 16.0 Å². The van der Waals surface area contributed by atoms with Crippen LogP contribution in [-0.2, 0) is 6.42 Å². The van der Waals surface area contributed by atoms with Crippen LogP contribution >= 0.6 is 23.3 Å². The molecular formula is C13H12N4OS2. The maximum Gasteiger partial charge on any atom is 0.244 e. The van der Waals surface area contributed by atoms with Crippen molar-refractivity contribution in [3.8, 4) is 5.75 Å². The second-order valence-electron chi connectivity index (χ2n) is 4.58. The number of thioether (sulfide) groups is 1. The minimum Gasteiger partial charge on any atom is -0.493 e. The van der Waals surface area contributed by atoms with Crippen molar-refractivity contribution in [2.75, 3.05) is 17.2 Å². The fourth-order valence-corrected chi connectivity index (χ4v) is 3.80. The molecule has 0 amide bonds. The second kappa shape index (κ2) is 4.68. The SMILES string of the molecule is Nc1nc(N2C=CSC2c2ccc3c(c2)CCO3)ns1. The van der Waals surface area contributed by atoms with E-state index in [1.54, 1.807) is 11.8 Å². The molecular weight excluding hydrogens is 292 g/mol. The van der Waals surface area contributed by atoms with Gasteiger partial charge >= 0.3 is 0 Å². The zero-order chi connectivity index (χ0) is 13.5. The number of ether oxygens (including phenoxy) is 1. The van der Waals surface area contributed by atoms with Gasteiger partial charge in [0.1, 0.15) is 11.1 Å². The van der Waals surface area contributed by atoms with E-state index in [1.807, 2.05) is 6.20 Å². The maximum absolute atomic E-state index is 5.67. The maximum atomic E-state index is 5.67. The van der Waals surface area contributed by atoms with Gasteiger partial charge in [-0.1, -0.05) is 6.07 Å². The highest BCUT2D eigenvalue weighted by Gasteiger charge is 2.27. The van der Waals surface area contributed by atoms with Crippen molar-refractivity contribution in [3.05, 3.63) is 40.9 Å². The second-order valence-corrected chi connectivity index (χ2v) is 6.35. The summed E-state index contributed by atoms with van der Waals surface area (Å²) in [4.78, 5) is 6.31. The molecule has 0 fully saturated rings. The van der Waals surface area contributed by atoms with Crippen LogP contribution in [0, 0.1) is 0 Å². The highest BCUT2D eigenvalue weighted by molar-refractivity contribution is 8.02. The molecule has 3 heterocycles. The molecule has 2 aliphatic heterocycles. The Hall–Kier alpha value is -1.73. The van der Waals surface area contributed by atoms with Crippen LogP contribution in [0.2, 0.25) is 0 Å². The molecule has 1 aromatic carbocycles. The minimum atomic E-state index is 0.162. The summed E-state index contributed by atoms with van der Waals surface area (Å²) >= 11 is 2.96. The first-order valence-electron chi connectivity index (χ1n) is 6.26. The van der Waals surface area contributed by atoms with E-state index >= 15 is 0 Å². The first-order chi connectivity index (χ1) is 9.81.